The molecule has 0 aromatic rings. The molecule has 4 heteroatoms. The Morgan fingerprint density at radius 1 is 1.44 bits per heavy atom. The van der Waals surface area contributed by atoms with Crippen LogP contribution in [0.25, 0.3) is 0 Å². The van der Waals surface area contributed by atoms with E-state index in [-0.39, 0.29) is 0 Å². The summed E-state index contributed by atoms with van der Waals surface area (Å²) in [6.07, 6.45) is 5.50. The summed E-state index contributed by atoms with van der Waals surface area (Å²) in [6, 6.07) is 0.707. The summed E-state index contributed by atoms with van der Waals surface area (Å²) in [7, 11) is -0.683. The van der Waals surface area contributed by atoms with Crippen LogP contribution < -0.4 is 5.32 Å². The monoisotopic (exact) mass is 246 g/mol. The van der Waals surface area contributed by atoms with Gasteiger partial charge in [-0.15, -0.1) is 0 Å². The second-order valence-corrected chi connectivity index (χ2v) is 6.64. The summed E-state index contributed by atoms with van der Waals surface area (Å²) in [5.41, 5.74) is 0. The molecule has 1 fully saturated rings. The van der Waals surface area contributed by atoms with Gasteiger partial charge in [0.05, 0.1) is 0 Å². The van der Waals surface area contributed by atoms with Gasteiger partial charge >= 0.3 is 0 Å². The van der Waals surface area contributed by atoms with Crippen molar-refractivity contribution in [3.05, 3.63) is 0 Å². The van der Waals surface area contributed by atoms with Crippen molar-refractivity contribution in [1.82, 2.24) is 10.2 Å². The number of nitrogens with zero attached hydrogens (tertiary/aromatic N) is 1. The van der Waals surface area contributed by atoms with Gasteiger partial charge in [0.1, 0.15) is 0 Å². The lowest BCUT2D eigenvalue weighted by Gasteiger charge is -2.33. The topological polar surface area (TPSA) is 32.3 Å². The SMILES string of the molecule is CCCNC1CCN(CC(C)S(C)=O)CC1. The first-order valence-corrected chi connectivity index (χ1v) is 8.03. The van der Waals surface area contributed by atoms with Gasteiger partial charge in [-0.3, -0.25) is 4.21 Å². The molecule has 1 N–H and O–H groups in total. The Bertz CT molecular complexity index is 215. The highest BCUT2D eigenvalue weighted by Gasteiger charge is 2.20. The van der Waals surface area contributed by atoms with Gasteiger partial charge in [0.2, 0.25) is 0 Å². The van der Waals surface area contributed by atoms with E-state index in [1.54, 1.807) is 6.26 Å². The van der Waals surface area contributed by atoms with Crippen molar-refractivity contribution in [2.75, 3.05) is 32.4 Å². The maximum absolute atomic E-state index is 11.3. The smallest absolute Gasteiger partial charge is 0.0444 e. The first kappa shape index (κ1) is 14.1. The first-order valence-electron chi connectivity index (χ1n) is 6.41. The molecule has 0 aromatic carbocycles. The number of nitrogens with one attached hydrogen (secondary N) is 1. The lowest BCUT2D eigenvalue weighted by Crippen LogP contribution is -2.45. The molecular weight excluding hydrogens is 220 g/mol. The third-order valence-electron chi connectivity index (χ3n) is 3.35. The van der Waals surface area contributed by atoms with Gasteiger partial charge in [-0.1, -0.05) is 6.92 Å². The van der Waals surface area contributed by atoms with Gasteiger partial charge in [0.25, 0.3) is 0 Å². The molecule has 0 aromatic heterocycles. The summed E-state index contributed by atoms with van der Waals surface area (Å²) in [4.78, 5) is 2.45. The summed E-state index contributed by atoms with van der Waals surface area (Å²) >= 11 is 0. The van der Waals surface area contributed by atoms with Crippen molar-refractivity contribution in [3.8, 4) is 0 Å². The fourth-order valence-corrected chi connectivity index (χ4v) is 2.56. The minimum absolute atomic E-state index is 0.306. The van der Waals surface area contributed by atoms with Crippen LogP contribution in [0.3, 0.4) is 0 Å². The van der Waals surface area contributed by atoms with Crippen LogP contribution in [0.2, 0.25) is 0 Å². The Balaban J connectivity index is 2.19. The maximum Gasteiger partial charge on any atom is 0.0444 e. The summed E-state index contributed by atoms with van der Waals surface area (Å²) in [6.45, 7) is 8.73. The van der Waals surface area contributed by atoms with Crippen LogP contribution in [0, 0.1) is 0 Å². The highest BCUT2D eigenvalue weighted by Crippen LogP contribution is 2.11. The van der Waals surface area contributed by atoms with Gasteiger partial charge in [-0.05, 0) is 45.8 Å². The second kappa shape index (κ2) is 7.41. The molecule has 3 nitrogen and oxygen atoms in total. The fourth-order valence-electron chi connectivity index (χ4n) is 2.14. The van der Waals surface area contributed by atoms with E-state index in [4.69, 9.17) is 0 Å². The highest BCUT2D eigenvalue weighted by molar-refractivity contribution is 7.84. The molecule has 1 saturated heterocycles. The zero-order chi connectivity index (χ0) is 12.0. The average molecular weight is 246 g/mol. The Hall–Kier alpha value is 0.0700. The van der Waals surface area contributed by atoms with Crippen molar-refractivity contribution in [1.29, 1.82) is 0 Å². The van der Waals surface area contributed by atoms with Crippen LogP contribution in [0.15, 0.2) is 0 Å². The molecule has 0 saturated carbocycles. The predicted octanol–water partition coefficient (Wildman–Crippen LogP) is 1.22. The average Bonchev–Trinajstić information content (AvgIpc) is 2.28. The van der Waals surface area contributed by atoms with E-state index in [9.17, 15) is 4.21 Å². The molecule has 0 radical (unpaired) electrons. The summed E-state index contributed by atoms with van der Waals surface area (Å²) in [5, 5.41) is 3.89. The standard InChI is InChI=1S/C12H26N2OS/c1-4-7-13-12-5-8-14(9-6-12)10-11(2)16(3)15/h11-13H,4-10H2,1-3H3. The molecule has 2 unspecified atom stereocenters. The number of likely N-dealkylation sites (tertiary alicyclic amines) is 1. The number of hydrogen-bond acceptors (Lipinski definition) is 3. The Morgan fingerprint density at radius 3 is 2.56 bits per heavy atom. The molecule has 1 rings (SSSR count). The first-order chi connectivity index (χ1) is 7.63. The Morgan fingerprint density at radius 2 is 2.06 bits per heavy atom. The normalized spacial score (nSPS) is 23.2. The molecule has 1 aliphatic heterocycles. The van der Waals surface area contributed by atoms with Crippen molar-refractivity contribution >= 4 is 10.8 Å². The van der Waals surface area contributed by atoms with E-state index in [0.29, 0.717) is 11.3 Å². The highest BCUT2D eigenvalue weighted by atomic mass is 32.2. The van der Waals surface area contributed by atoms with Crippen molar-refractivity contribution < 1.29 is 4.21 Å². The largest absolute Gasteiger partial charge is 0.314 e. The number of piperidine rings is 1. The van der Waals surface area contributed by atoms with Crippen molar-refractivity contribution in [2.45, 2.75) is 44.4 Å². The molecule has 16 heavy (non-hydrogen) atoms. The van der Waals surface area contributed by atoms with Crippen LogP contribution in [0.1, 0.15) is 33.1 Å². The third-order valence-corrected chi connectivity index (χ3v) is 4.63. The molecule has 0 spiro atoms. The van der Waals surface area contributed by atoms with Gasteiger partial charge in [-0.2, -0.15) is 0 Å². The molecule has 0 amide bonds. The van der Waals surface area contributed by atoms with E-state index in [2.05, 4.69) is 24.1 Å². The quantitative estimate of drug-likeness (QED) is 0.765. The van der Waals surface area contributed by atoms with Gasteiger partial charge in [0, 0.05) is 34.9 Å². The molecule has 0 bridgehead atoms. The summed E-state index contributed by atoms with van der Waals surface area (Å²) in [5.74, 6) is 0. The minimum Gasteiger partial charge on any atom is -0.314 e. The minimum atomic E-state index is -0.683. The van der Waals surface area contributed by atoms with E-state index in [1.165, 1.54) is 19.3 Å². The lowest BCUT2D eigenvalue weighted by atomic mass is 10.0. The van der Waals surface area contributed by atoms with E-state index >= 15 is 0 Å². The third kappa shape index (κ3) is 4.93. The molecule has 2 atom stereocenters. The molecule has 0 aliphatic carbocycles. The van der Waals surface area contributed by atoms with Crippen molar-refractivity contribution in [3.63, 3.8) is 0 Å². The van der Waals surface area contributed by atoms with E-state index in [1.807, 2.05) is 0 Å². The van der Waals surface area contributed by atoms with Crippen LogP contribution in [-0.4, -0.2) is 52.8 Å². The van der Waals surface area contributed by atoms with Crippen LogP contribution >= 0.6 is 0 Å². The Labute approximate surface area is 102 Å². The number of rotatable bonds is 6. The van der Waals surface area contributed by atoms with Crippen LogP contribution in [0.4, 0.5) is 0 Å². The molecular formula is C12H26N2OS. The van der Waals surface area contributed by atoms with Crippen LogP contribution in [-0.2, 0) is 10.8 Å². The summed E-state index contributed by atoms with van der Waals surface area (Å²) < 4.78 is 11.3. The van der Waals surface area contributed by atoms with E-state index in [0.717, 1.165) is 26.2 Å². The Kier molecular flexibility index (Phi) is 6.54. The zero-order valence-corrected chi connectivity index (χ0v) is 11.7. The second-order valence-electron chi connectivity index (χ2n) is 4.84. The number of hydrogen-bond donors (Lipinski definition) is 1. The zero-order valence-electron chi connectivity index (χ0n) is 10.9. The van der Waals surface area contributed by atoms with Gasteiger partial charge in [-0.25, -0.2) is 0 Å². The fraction of sp³-hybridized carbons (Fsp3) is 1.00. The van der Waals surface area contributed by atoms with Crippen molar-refractivity contribution in [2.24, 2.45) is 0 Å². The lowest BCUT2D eigenvalue weighted by molar-refractivity contribution is 0.200. The maximum atomic E-state index is 11.3. The predicted molar refractivity (Wildman–Crippen MR) is 71.3 cm³/mol. The molecule has 1 heterocycles. The molecule has 1 aliphatic rings. The van der Waals surface area contributed by atoms with Gasteiger partial charge in [0.15, 0.2) is 0 Å². The van der Waals surface area contributed by atoms with Gasteiger partial charge < -0.3 is 10.2 Å². The molecule has 96 valence electrons. The van der Waals surface area contributed by atoms with Crippen LogP contribution in [0.5, 0.6) is 0 Å². The van der Waals surface area contributed by atoms with E-state index < -0.39 is 10.8 Å².